The van der Waals surface area contributed by atoms with Gasteiger partial charge in [0.1, 0.15) is 17.3 Å². The zero-order valence-corrected chi connectivity index (χ0v) is 16.6. The van der Waals surface area contributed by atoms with Crippen molar-refractivity contribution in [3.63, 3.8) is 0 Å². The Kier molecular flexibility index (Phi) is 6.32. The minimum atomic E-state index is -0.727. The van der Waals surface area contributed by atoms with E-state index in [1.165, 1.54) is 0 Å². The lowest BCUT2D eigenvalue weighted by molar-refractivity contribution is -0.127. The van der Waals surface area contributed by atoms with E-state index in [-0.39, 0.29) is 12.5 Å². The van der Waals surface area contributed by atoms with Crippen molar-refractivity contribution < 1.29 is 13.9 Å². The highest BCUT2D eigenvalue weighted by Crippen LogP contribution is 2.28. The average Bonchev–Trinajstić information content (AvgIpc) is 3.11. The Balaban J connectivity index is 1.56. The smallest absolute Gasteiger partial charge is 0.261 e. The van der Waals surface area contributed by atoms with Crippen LogP contribution in [0.5, 0.6) is 5.75 Å². The molecule has 0 saturated heterocycles. The van der Waals surface area contributed by atoms with Gasteiger partial charge in [0.15, 0.2) is 6.10 Å². The van der Waals surface area contributed by atoms with Crippen molar-refractivity contribution in [3.8, 4) is 17.1 Å². The van der Waals surface area contributed by atoms with Crippen molar-refractivity contribution in [3.05, 3.63) is 75.4 Å². The summed E-state index contributed by atoms with van der Waals surface area (Å²) in [7, 11) is 0. The summed E-state index contributed by atoms with van der Waals surface area (Å²) in [6.45, 7) is 1.88. The summed E-state index contributed by atoms with van der Waals surface area (Å²) in [5, 5.41) is 4.28. The maximum absolute atomic E-state index is 12.3. The van der Waals surface area contributed by atoms with Gasteiger partial charge in [-0.2, -0.15) is 0 Å². The molecular formula is C20H16Cl3NO3. The van der Waals surface area contributed by atoms with Crippen molar-refractivity contribution in [2.45, 2.75) is 19.6 Å². The van der Waals surface area contributed by atoms with Crippen molar-refractivity contribution >= 4 is 40.7 Å². The van der Waals surface area contributed by atoms with Crippen LogP contribution in [-0.4, -0.2) is 12.0 Å². The molecule has 3 aromatic rings. The molecule has 2 aromatic carbocycles. The molecule has 3 rings (SSSR count). The van der Waals surface area contributed by atoms with Crippen LogP contribution in [0.1, 0.15) is 12.7 Å². The number of amides is 1. The van der Waals surface area contributed by atoms with E-state index in [1.807, 2.05) is 24.3 Å². The number of furan rings is 1. The van der Waals surface area contributed by atoms with E-state index in [0.717, 1.165) is 5.56 Å². The number of nitrogens with one attached hydrogen (secondary N) is 1. The standard InChI is InChI=1S/C20H16Cl3NO3/c1-12(26-19-8-6-15(22)10-17(19)23)20(25)24-11-16-7-9-18(27-16)13-2-4-14(21)5-3-13/h2-10,12H,11H2,1H3,(H,24,25). The van der Waals surface area contributed by atoms with Gasteiger partial charge < -0.3 is 14.5 Å². The average molecular weight is 425 g/mol. The lowest BCUT2D eigenvalue weighted by atomic mass is 10.2. The summed E-state index contributed by atoms with van der Waals surface area (Å²) in [6, 6.07) is 15.8. The van der Waals surface area contributed by atoms with E-state index < -0.39 is 6.10 Å². The molecular weight excluding hydrogens is 409 g/mol. The zero-order chi connectivity index (χ0) is 19.4. The predicted octanol–water partition coefficient (Wildman–Crippen LogP) is 5.99. The Hall–Kier alpha value is -2.14. The Bertz CT molecular complexity index is 938. The van der Waals surface area contributed by atoms with Crippen molar-refractivity contribution in [2.24, 2.45) is 0 Å². The van der Waals surface area contributed by atoms with Gasteiger partial charge in [-0.1, -0.05) is 34.8 Å². The lowest BCUT2D eigenvalue weighted by Gasteiger charge is -2.15. The third-order valence-corrected chi connectivity index (χ3v) is 4.58. The molecule has 7 heteroatoms. The molecule has 1 unspecified atom stereocenters. The van der Waals surface area contributed by atoms with Gasteiger partial charge in [-0.25, -0.2) is 0 Å². The molecule has 0 fully saturated rings. The molecule has 0 aliphatic carbocycles. The first kappa shape index (κ1) is 19.6. The maximum Gasteiger partial charge on any atom is 0.261 e. The Morgan fingerprint density at radius 1 is 1.04 bits per heavy atom. The summed E-state index contributed by atoms with van der Waals surface area (Å²) < 4.78 is 11.3. The van der Waals surface area contributed by atoms with Crippen LogP contribution >= 0.6 is 34.8 Å². The molecule has 0 radical (unpaired) electrons. The Morgan fingerprint density at radius 2 is 1.74 bits per heavy atom. The van der Waals surface area contributed by atoms with Gasteiger partial charge in [0.05, 0.1) is 11.6 Å². The van der Waals surface area contributed by atoms with Gasteiger partial charge in [-0.3, -0.25) is 4.79 Å². The topological polar surface area (TPSA) is 51.5 Å². The van der Waals surface area contributed by atoms with E-state index in [1.54, 1.807) is 37.3 Å². The molecule has 0 saturated carbocycles. The third kappa shape index (κ3) is 5.19. The highest BCUT2D eigenvalue weighted by Gasteiger charge is 2.16. The largest absolute Gasteiger partial charge is 0.479 e. The van der Waals surface area contributed by atoms with Crippen LogP contribution in [0.2, 0.25) is 15.1 Å². The fourth-order valence-electron chi connectivity index (χ4n) is 2.37. The van der Waals surface area contributed by atoms with Crippen molar-refractivity contribution in [1.29, 1.82) is 0 Å². The number of ether oxygens (including phenoxy) is 1. The molecule has 1 atom stereocenters. The SMILES string of the molecule is CC(Oc1ccc(Cl)cc1Cl)C(=O)NCc1ccc(-c2ccc(Cl)cc2)o1. The minimum Gasteiger partial charge on any atom is -0.479 e. The van der Waals surface area contributed by atoms with Crippen LogP contribution in [0.4, 0.5) is 0 Å². The van der Waals surface area contributed by atoms with Gasteiger partial charge in [0, 0.05) is 15.6 Å². The normalized spacial score (nSPS) is 11.9. The molecule has 27 heavy (non-hydrogen) atoms. The molecule has 1 heterocycles. The highest BCUT2D eigenvalue weighted by atomic mass is 35.5. The summed E-state index contributed by atoms with van der Waals surface area (Å²) in [4.78, 5) is 12.3. The summed E-state index contributed by atoms with van der Waals surface area (Å²) >= 11 is 17.8. The molecule has 1 N–H and O–H groups in total. The molecule has 0 aliphatic heterocycles. The van der Waals surface area contributed by atoms with Gasteiger partial charge in [0.2, 0.25) is 0 Å². The molecule has 4 nitrogen and oxygen atoms in total. The van der Waals surface area contributed by atoms with E-state index >= 15 is 0 Å². The second kappa shape index (κ2) is 8.70. The summed E-state index contributed by atoms with van der Waals surface area (Å²) in [6.07, 6.45) is -0.727. The molecule has 1 amide bonds. The highest BCUT2D eigenvalue weighted by molar-refractivity contribution is 6.35. The molecule has 140 valence electrons. The minimum absolute atomic E-state index is 0.245. The van der Waals surface area contributed by atoms with Crippen LogP contribution in [0.3, 0.4) is 0 Å². The van der Waals surface area contributed by atoms with Crippen LogP contribution < -0.4 is 10.1 Å². The van der Waals surface area contributed by atoms with Crippen molar-refractivity contribution in [2.75, 3.05) is 0 Å². The first-order valence-corrected chi connectivity index (χ1v) is 9.30. The van der Waals surface area contributed by atoms with Crippen molar-refractivity contribution in [1.82, 2.24) is 5.32 Å². The maximum atomic E-state index is 12.3. The quantitative estimate of drug-likeness (QED) is 0.529. The number of rotatable bonds is 6. The number of benzene rings is 2. The van der Waals surface area contributed by atoms with E-state index in [4.69, 9.17) is 44.0 Å². The Morgan fingerprint density at radius 3 is 2.44 bits per heavy atom. The van der Waals surface area contributed by atoms with E-state index in [0.29, 0.717) is 32.3 Å². The third-order valence-electron chi connectivity index (χ3n) is 3.79. The zero-order valence-electron chi connectivity index (χ0n) is 14.3. The molecule has 1 aromatic heterocycles. The first-order valence-electron chi connectivity index (χ1n) is 8.16. The Labute approximate surface area is 172 Å². The fourth-order valence-corrected chi connectivity index (χ4v) is 2.95. The van der Waals surface area contributed by atoms with Gasteiger partial charge in [-0.05, 0) is 61.5 Å². The van der Waals surface area contributed by atoms with Crippen LogP contribution in [-0.2, 0) is 11.3 Å². The van der Waals surface area contributed by atoms with Gasteiger partial charge >= 0.3 is 0 Å². The molecule has 0 aliphatic rings. The lowest BCUT2D eigenvalue weighted by Crippen LogP contribution is -2.35. The van der Waals surface area contributed by atoms with Gasteiger partial charge in [-0.15, -0.1) is 0 Å². The second-order valence-electron chi connectivity index (χ2n) is 5.83. The number of halogens is 3. The first-order chi connectivity index (χ1) is 12.9. The summed E-state index contributed by atoms with van der Waals surface area (Å²) in [5.74, 6) is 1.44. The second-order valence-corrected chi connectivity index (χ2v) is 7.11. The molecule has 0 spiro atoms. The number of carbonyl (C=O) groups excluding carboxylic acids is 1. The summed E-state index contributed by atoms with van der Waals surface area (Å²) in [5.41, 5.74) is 0.908. The predicted molar refractivity (Wildman–Crippen MR) is 108 cm³/mol. The fraction of sp³-hybridized carbons (Fsp3) is 0.150. The number of hydrogen-bond donors (Lipinski definition) is 1. The van der Waals surface area contributed by atoms with Crippen LogP contribution in [0.15, 0.2) is 59.0 Å². The number of carbonyl (C=O) groups is 1. The molecule has 0 bridgehead atoms. The van der Waals surface area contributed by atoms with E-state index in [2.05, 4.69) is 5.32 Å². The van der Waals surface area contributed by atoms with Crippen LogP contribution in [0, 0.1) is 0 Å². The van der Waals surface area contributed by atoms with Gasteiger partial charge in [0.25, 0.3) is 5.91 Å². The number of hydrogen-bond acceptors (Lipinski definition) is 3. The monoisotopic (exact) mass is 423 g/mol. The van der Waals surface area contributed by atoms with E-state index in [9.17, 15) is 4.79 Å². The van der Waals surface area contributed by atoms with Crippen LogP contribution in [0.25, 0.3) is 11.3 Å².